The van der Waals surface area contributed by atoms with E-state index < -0.39 is 0 Å². The zero-order chi connectivity index (χ0) is 18.1. The van der Waals surface area contributed by atoms with Gasteiger partial charge in [0.15, 0.2) is 0 Å². The molecular formula is C24H37N. The van der Waals surface area contributed by atoms with Gasteiger partial charge in [0, 0.05) is 11.1 Å². The largest absolute Gasteiger partial charge is 0.307 e. The normalized spacial score (nSPS) is 29.8. The highest BCUT2D eigenvalue weighted by Crippen LogP contribution is 2.40. The van der Waals surface area contributed by atoms with Crippen LogP contribution in [-0.4, -0.2) is 11.1 Å². The Balaban J connectivity index is 1.66. The molecule has 0 spiro atoms. The van der Waals surface area contributed by atoms with E-state index in [1.165, 1.54) is 44.1 Å². The predicted molar refractivity (Wildman–Crippen MR) is 109 cm³/mol. The molecule has 0 unspecified atom stereocenters. The molecule has 1 saturated carbocycles. The summed E-state index contributed by atoms with van der Waals surface area (Å²) in [5.41, 5.74) is 3.54. The zero-order valence-electron chi connectivity index (χ0n) is 16.9. The van der Waals surface area contributed by atoms with E-state index >= 15 is 0 Å². The van der Waals surface area contributed by atoms with E-state index in [9.17, 15) is 0 Å². The first-order valence-corrected chi connectivity index (χ1v) is 10.3. The molecular weight excluding hydrogens is 302 g/mol. The van der Waals surface area contributed by atoms with Crippen LogP contribution in [-0.2, 0) is 0 Å². The summed E-state index contributed by atoms with van der Waals surface area (Å²) in [5.74, 6) is 2.27. The van der Waals surface area contributed by atoms with Gasteiger partial charge in [-0.1, -0.05) is 36.4 Å². The summed E-state index contributed by atoms with van der Waals surface area (Å²) in [5, 5.41) is 3.80. The maximum absolute atomic E-state index is 3.80. The van der Waals surface area contributed by atoms with Crippen LogP contribution in [0.1, 0.15) is 96.1 Å². The van der Waals surface area contributed by atoms with Gasteiger partial charge in [-0.2, -0.15) is 0 Å². The Labute approximate surface area is 155 Å². The average Bonchev–Trinajstić information content (AvgIpc) is 2.53. The molecule has 1 aliphatic carbocycles. The standard InChI is InChI=1S/C24H37N/c1-6-7-18-8-10-19(11-9-18)20-12-14-21(15-13-20)22-16-23(2,3)25-24(4,5)17-22/h6-7,12-15,18-19,22,25H,8-11,16-17H2,1-5H3/b7-6+. The molecule has 0 radical (unpaired) electrons. The van der Waals surface area contributed by atoms with Crippen molar-refractivity contribution >= 4 is 0 Å². The predicted octanol–water partition coefficient (Wildman–Crippen LogP) is 6.56. The molecule has 25 heavy (non-hydrogen) atoms. The van der Waals surface area contributed by atoms with Crippen molar-refractivity contribution in [2.45, 2.75) is 96.1 Å². The third-order valence-corrected chi connectivity index (χ3v) is 6.31. The molecule has 1 heterocycles. The highest BCUT2D eigenvalue weighted by molar-refractivity contribution is 5.29. The quantitative estimate of drug-likeness (QED) is 0.615. The van der Waals surface area contributed by atoms with E-state index in [1.807, 2.05) is 0 Å². The van der Waals surface area contributed by atoms with Crippen LogP contribution in [0.5, 0.6) is 0 Å². The second kappa shape index (κ2) is 7.27. The summed E-state index contributed by atoms with van der Waals surface area (Å²) in [7, 11) is 0. The minimum absolute atomic E-state index is 0.219. The zero-order valence-corrected chi connectivity index (χ0v) is 16.9. The molecule has 2 aliphatic rings. The van der Waals surface area contributed by atoms with Crippen LogP contribution in [0.4, 0.5) is 0 Å². The van der Waals surface area contributed by atoms with Crippen molar-refractivity contribution in [1.29, 1.82) is 0 Å². The topological polar surface area (TPSA) is 12.0 Å². The van der Waals surface area contributed by atoms with Gasteiger partial charge in [0.2, 0.25) is 0 Å². The van der Waals surface area contributed by atoms with Gasteiger partial charge >= 0.3 is 0 Å². The first-order valence-electron chi connectivity index (χ1n) is 10.3. The number of hydrogen-bond donors (Lipinski definition) is 1. The molecule has 0 amide bonds. The molecule has 2 fully saturated rings. The van der Waals surface area contributed by atoms with E-state index in [4.69, 9.17) is 0 Å². The SMILES string of the molecule is C/C=C/C1CCC(c2ccc(C3CC(C)(C)NC(C)(C)C3)cc2)CC1. The lowest BCUT2D eigenvalue weighted by Crippen LogP contribution is -2.57. The maximum atomic E-state index is 3.80. The van der Waals surface area contributed by atoms with Crippen molar-refractivity contribution in [1.82, 2.24) is 5.32 Å². The Morgan fingerprint density at radius 2 is 1.28 bits per heavy atom. The van der Waals surface area contributed by atoms with Crippen molar-refractivity contribution in [3.8, 4) is 0 Å². The van der Waals surface area contributed by atoms with Crippen molar-refractivity contribution in [2.24, 2.45) is 5.92 Å². The molecule has 0 bridgehead atoms. The molecule has 0 atom stereocenters. The van der Waals surface area contributed by atoms with Crippen LogP contribution in [0, 0.1) is 5.92 Å². The Morgan fingerprint density at radius 1 is 0.800 bits per heavy atom. The fraction of sp³-hybridized carbons (Fsp3) is 0.667. The smallest absolute Gasteiger partial charge is 0.0135 e. The second-order valence-electron chi connectivity index (χ2n) is 9.80. The first kappa shape index (κ1) is 18.7. The second-order valence-corrected chi connectivity index (χ2v) is 9.80. The van der Waals surface area contributed by atoms with E-state index in [0.717, 1.165) is 11.8 Å². The van der Waals surface area contributed by atoms with Crippen molar-refractivity contribution in [3.63, 3.8) is 0 Å². The number of allylic oxidation sites excluding steroid dienone is 2. The molecule has 1 saturated heterocycles. The Hall–Kier alpha value is -1.08. The van der Waals surface area contributed by atoms with Gasteiger partial charge in [0.1, 0.15) is 0 Å². The summed E-state index contributed by atoms with van der Waals surface area (Å²) in [4.78, 5) is 0. The fourth-order valence-electron chi connectivity index (χ4n) is 5.52. The summed E-state index contributed by atoms with van der Waals surface area (Å²) in [6.45, 7) is 11.5. The Bertz CT molecular complexity index is 569. The fourth-order valence-corrected chi connectivity index (χ4v) is 5.52. The molecule has 1 N–H and O–H groups in total. The third-order valence-electron chi connectivity index (χ3n) is 6.31. The van der Waals surface area contributed by atoms with Crippen LogP contribution in [0.25, 0.3) is 0 Å². The van der Waals surface area contributed by atoms with Gasteiger partial charge in [-0.05, 0) is 102 Å². The number of rotatable bonds is 3. The molecule has 1 aromatic rings. The van der Waals surface area contributed by atoms with Crippen molar-refractivity contribution < 1.29 is 0 Å². The van der Waals surface area contributed by atoms with Gasteiger partial charge in [-0.3, -0.25) is 0 Å². The van der Waals surface area contributed by atoms with Gasteiger partial charge in [0.25, 0.3) is 0 Å². The van der Waals surface area contributed by atoms with Crippen LogP contribution in [0.2, 0.25) is 0 Å². The molecule has 1 nitrogen and oxygen atoms in total. The highest BCUT2D eigenvalue weighted by atomic mass is 15.0. The molecule has 138 valence electrons. The number of nitrogens with one attached hydrogen (secondary N) is 1. The lowest BCUT2D eigenvalue weighted by molar-refractivity contribution is 0.162. The summed E-state index contributed by atoms with van der Waals surface area (Å²) in [6.07, 6.45) is 12.5. The van der Waals surface area contributed by atoms with Crippen molar-refractivity contribution in [3.05, 3.63) is 47.5 Å². The van der Waals surface area contributed by atoms with E-state index in [1.54, 1.807) is 5.56 Å². The van der Waals surface area contributed by atoms with Gasteiger partial charge in [-0.15, -0.1) is 0 Å². The highest BCUT2D eigenvalue weighted by Gasteiger charge is 2.38. The summed E-state index contributed by atoms with van der Waals surface area (Å²) in [6, 6.07) is 9.71. The molecule has 1 aromatic carbocycles. The van der Waals surface area contributed by atoms with Crippen molar-refractivity contribution in [2.75, 3.05) is 0 Å². The monoisotopic (exact) mass is 339 g/mol. The number of hydrogen-bond acceptors (Lipinski definition) is 1. The summed E-state index contributed by atoms with van der Waals surface area (Å²) >= 11 is 0. The molecule has 1 heteroatoms. The van der Waals surface area contributed by atoms with Gasteiger partial charge < -0.3 is 5.32 Å². The van der Waals surface area contributed by atoms with E-state index in [-0.39, 0.29) is 11.1 Å². The number of piperidine rings is 1. The lowest BCUT2D eigenvalue weighted by Gasteiger charge is -2.46. The average molecular weight is 340 g/mol. The van der Waals surface area contributed by atoms with E-state index in [0.29, 0.717) is 5.92 Å². The maximum Gasteiger partial charge on any atom is 0.0135 e. The number of benzene rings is 1. The van der Waals surface area contributed by atoms with Gasteiger partial charge in [-0.25, -0.2) is 0 Å². The van der Waals surface area contributed by atoms with Gasteiger partial charge in [0.05, 0.1) is 0 Å². The minimum Gasteiger partial charge on any atom is -0.307 e. The minimum atomic E-state index is 0.219. The Kier molecular flexibility index (Phi) is 5.44. The van der Waals surface area contributed by atoms with Crippen LogP contribution in [0.15, 0.2) is 36.4 Å². The van der Waals surface area contributed by atoms with Crippen LogP contribution >= 0.6 is 0 Å². The lowest BCUT2D eigenvalue weighted by atomic mass is 9.72. The summed E-state index contributed by atoms with van der Waals surface area (Å²) < 4.78 is 0. The first-order chi connectivity index (χ1) is 11.8. The molecule has 0 aromatic heterocycles. The molecule has 1 aliphatic heterocycles. The molecule has 3 rings (SSSR count). The van der Waals surface area contributed by atoms with E-state index in [2.05, 4.69) is 76.4 Å². The third kappa shape index (κ3) is 4.76. The van der Waals surface area contributed by atoms with Crippen LogP contribution < -0.4 is 5.32 Å². The Morgan fingerprint density at radius 3 is 1.76 bits per heavy atom. The van der Waals surface area contributed by atoms with Crippen LogP contribution in [0.3, 0.4) is 0 Å².